The lowest BCUT2D eigenvalue weighted by Gasteiger charge is -2.10. The van der Waals surface area contributed by atoms with Crippen molar-refractivity contribution in [2.75, 3.05) is 4.72 Å². The van der Waals surface area contributed by atoms with Gasteiger partial charge in [-0.1, -0.05) is 23.5 Å². The number of halogens is 3. The van der Waals surface area contributed by atoms with Crippen molar-refractivity contribution in [3.05, 3.63) is 48.5 Å². The molecule has 10 heteroatoms. The molecule has 5 nitrogen and oxygen atoms in total. The van der Waals surface area contributed by atoms with Crippen LogP contribution >= 0.6 is 11.3 Å². The molecule has 1 N–H and O–H groups in total. The van der Waals surface area contributed by atoms with Crippen molar-refractivity contribution < 1.29 is 26.3 Å². The summed E-state index contributed by atoms with van der Waals surface area (Å²) in [6, 6.07) is 12.5. The number of hydrogen-bond donors (Lipinski definition) is 1. The van der Waals surface area contributed by atoms with Gasteiger partial charge in [-0.2, -0.15) is 21.6 Å². The summed E-state index contributed by atoms with van der Waals surface area (Å²) >= 11 is 1.32. The number of fused-ring (bicyclic) bond motifs is 1. The van der Waals surface area contributed by atoms with E-state index in [1.54, 1.807) is 0 Å². The summed E-state index contributed by atoms with van der Waals surface area (Å²) in [7, 11) is -5.44. The number of anilines is 1. The normalized spacial score (nSPS) is 12.3. The van der Waals surface area contributed by atoms with Gasteiger partial charge >= 0.3 is 15.5 Å². The minimum absolute atomic E-state index is 0.219. The molecule has 126 valence electrons. The van der Waals surface area contributed by atoms with E-state index < -0.39 is 15.5 Å². The van der Waals surface area contributed by atoms with E-state index in [1.807, 2.05) is 24.3 Å². The van der Waals surface area contributed by atoms with Gasteiger partial charge < -0.3 is 4.74 Å². The maximum atomic E-state index is 12.3. The molecule has 0 saturated carbocycles. The Labute approximate surface area is 138 Å². The predicted molar refractivity (Wildman–Crippen MR) is 84.7 cm³/mol. The molecular formula is C14H9F3N2O3S2. The molecule has 0 fully saturated rings. The topological polar surface area (TPSA) is 68.3 Å². The highest BCUT2D eigenvalue weighted by Gasteiger charge is 2.45. The van der Waals surface area contributed by atoms with Crippen LogP contribution in [0, 0.1) is 0 Å². The zero-order valence-corrected chi connectivity index (χ0v) is 13.4. The fraction of sp³-hybridized carbons (Fsp3) is 0.0714. The molecule has 0 aliphatic rings. The third-order valence-corrected chi connectivity index (χ3v) is 4.92. The van der Waals surface area contributed by atoms with Crippen LogP contribution in [0.25, 0.3) is 10.2 Å². The summed E-state index contributed by atoms with van der Waals surface area (Å²) < 4.78 is 66.9. The minimum atomic E-state index is -5.44. The van der Waals surface area contributed by atoms with Gasteiger partial charge in [0.05, 0.1) is 10.2 Å². The first-order chi connectivity index (χ1) is 11.2. The highest BCUT2D eigenvalue weighted by Crippen LogP contribution is 2.32. The first kappa shape index (κ1) is 16.5. The lowest BCUT2D eigenvalue weighted by Crippen LogP contribution is -2.29. The first-order valence-corrected chi connectivity index (χ1v) is 8.77. The Bertz CT molecular complexity index is 934. The van der Waals surface area contributed by atoms with Crippen molar-refractivity contribution in [3.63, 3.8) is 0 Å². The molecule has 1 heterocycles. The van der Waals surface area contributed by atoms with Crippen LogP contribution in [-0.4, -0.2) is 18.9 Å². The standard InChI is InChI=1S/C14H9F3N2O3S2/c15-14(16,17)24(20,21)19-9-5-7-10(8-6-9)22-13-18-11-3-1-2-4-12(11)23-13/h1-8,19H. The molecule has 2 aromatic carbocycles. The van der Waals surface area contributed by atoms with Gasteiger partial charge in [-0.15, -0.1) is 0 Å². The molecule has 0 spiro atoms. The fourth-order valence-electron chi connectivity index (χ4n) is 1.80. The van der Waals surface area contributed by atoms with Crippen LogP contribution in [0.15, 0.2) is 48.5 Å². The molecule has 0 aliphatic carbocycles. The highest BCUT2D eigenvalue weighted by atomic mass is 32.2. The van der Waals surface area contributed by atoms with E-state index in [4.69, 9.17) is 4.74 Å². The second kappa shape index (κ2) is 5.95. The van der Waals surface area contributed by atoms with Gasteiger partial charge in [-0.3, -0.25) is 4.72 Å². The molecule has 0 bridgehead atoms. The molecule has 0 radical (unpaired) electrons. The molecular weight excluding hydrogens is 365 g/mol. The average molecular weight is 374 g/mol. The minimum Gasteiger partial charge on any atom is -0.431 e. The van der Waals surface area contributed by atoms with Gasteiger partial charge in [0, 0.05) is 5.69 Å². The van der Waals surface area contributed by atoms with Crippen LogP contribution in [0.5, 0.6) is 10.9 Å². The quantitative estimate of drug-likeness (QED) is 0.737. The SMILES string of the molecule is O=S(=O)(Nc1ccc(Oc2nc3ccccc3s2)cc1)C(F)(F)F. The number of rotatable bonds is 4. The lowest BCUT2D eigenvalue weighted by atomic mass is 10.3. The molecule has 24 heavy (non-hydrogen) atoms. The van der Waals surface area contributed by atoms with E-state index >= 15 is 0 Å². The Hall–Kier alpha value is -2.33. The molecule has 3 aromatic rings. The summed E-state index contributed by atoms with van der Waals surface area (Å²) in [5.41, 5.74) is -4.82. The van der Waals surface area contributed by atoms with Crippen LogP contribution in [0.4, 0.5) is 18.9 Å². The van der Waals surface area contributed by atoms with Gasteiger partial charge in [-0.25, -0.2) is 4.98 Å². The Morgan fingerprint density at radius 3 is 2.33 bits per heavy atom. The Morgan fingerprint density at radius 2 is 1.71 bits per heavy atom. The molecule has 0 amide bonds. The number of thiazole rings is 1. The van der Waals surface area contributed by atoms with Crippen molar-refractivity contribution in [2.24, 2.45) is 0 Å². The van der Waals surface area contributed by atoms with Crippen LogP contribution in [0.2, 0.25) is 0 Å². The Morgan fingerprint density at radius 1 is 1.04 bits per heavy atom. The van der Waals surface area contributed by atoms with E-state index in [0.717, 1.165) is 10.2 Å². The van der Waals surface area contributed by atoms with Crippen molar-refractivity contribution in [1.29, 1.82) is 0 Å². The number of hydrogen-bond acceptors (Lipinski definition) is 5. The Kier molecular flexibility index (Phi) is 4.10. The van der Waals surface area contributed by atoms with E-state index in [0.29, 0.717) is 10.9 Å². The van der Waals surface area contributed by atoms with Crippen molar-refractivity contribution in [3.8, 4) is 10.9 Å². The van der Waals surface area contributed by atoms with Crippen LogP contribution in [0.1, 0.15) is 0 Å². The molecule has 0 atom stereocenters. The highest BCUT2D eigenvalue weighted by molar-refractivity contribution is 7.93. The van der Waals surface area contributed by atoms with Crippen molar-refractivity contribution in [1.82, 2.24) is 4.98 Å². The van der Waals surface area contributed by atoms with Crippen LogP contribution in [0.3, 0.4) is 0 Å². The van der Waals surface area contributed by atoms with Gasteiger partial charge in [0.25, 0.3) is 5.19 Å². The Balaban J connectivity index is 1.75. The fourth-order valence-corrected chi connectivity index (χ4v) is 3.20. The monoisotopic (exact) mass is 374 g/mol. The number of aromatic nitrogens is 1. The number of ether oxygens (including phenoxy) is 1. The van der Waals surface area contributed by atoms with Crippen LogP contribution in [-0.2, 0) is 10.0 Å². The smallest absolute Gasteiger partial charge is 0.431 e. The van der Waals surface area contributed by atoms with Crippen molar-refractivity contribution >= 4 is 37.3 Å². The summed E-state index contributed by atoms with van der Waals surface area (Å²) in [6.07, 6.45) is 0. The number of nitrogens with zero attached hydrogens (tertiary/aromatic N) is 1. The van der Waals surface area contributed by atoms with E-state index in [1.165, 1.54) is 40.3 Å². The van der Waals surface area contributed by atoms with E-state index in [9.17, 15) is 21.6 Å². The third kappa shape index (κ3) is 3.44. The summed E-state index contributed by atoms with van der Waals surface area (Å²) in [6.45, 7) is 0. The van der Waals surface area contributed by atoms with Gasteiger partial charge in [0.2, 0.25) is 0 Å². The average Bonchev–Trinajstić information content (AvgIpc) is 2.90. The molecule has 0 saturated heterocycles. The number of alkyl halides is 3. The zero-order chi connectivity index (χ0) is 17.4. The molecule has 1 aromatic heterocycles. The maximum Gasteiger partial charge on any atom is 0.516 e. The van der Waals surface area contributed by atoms with E-state index in [-0.39, 0.29) is 5.69 Å². The predicted octanol–water partition coefficient (Wildman–Crippen LogP) is 4.35. The number of nitrogens with one attached hydrogen (secondary N) is 1. The zero-order valence-electron chi connectivity index (χ0n) is 11.7. The summed E-state index contributed by atoms with van der Waals surface area (Å²) in [5.74, 6) is 0.323. The molecule has 0 aliphatic heterocycles. The van der Waals surface area contributed by atoms with Crippen molar-refractivity contribution in [2.45, 2.75) is 5.51 Å². The first-order valence-electron chi connectivity index (χ1n) is 6.47. The van der Waals surface area contributed by atoms with Gasteiger partial charge in [0.15, 0.2) is 0 Å². The molecule has 0 unspecified atom stereocenters. The summed E-state index contributed by atoms with van der Waals surface area (Å²) in [4.78, 5) is 4.26. The second-order valence-corrected chi connectivity index (χ2v) is 7.29. The van der Waals surface area contributed by atoms with Crippen LogP contribution < -0.4 is 9.46 Å². The summed E-state index contributed by atoms with van der Waals surface area (Å²) in [5, 5.41) is 0.375. The number of benzene rings is 2. The van der Waals surface area contributed by atoms with Gasteiger partial charge in [0.1, 0.15) is 5.75 Å². The lowest BCUT2D eigenvalue weighted by molar-refractivity contribution is -0.0429. The largest absolute Gasteiger partial charge is 0.516 e. The number of para-hydroxylation sites is 1. The number of sulfonamides is 1. The van der Waals surface area contributed by atoms with E-state index in [2.05, 4.69) is 4.98 Å². The third-order valence-electron chi connectivity index (χ3n) is 2.89. The van der Waals surface area contributed by atoms with Gasteiger partial charge in [-0.05, 0) is 36.4 Å². The molecule has 3 rings (SSSR count). The maximum absolute atomic E-state index is 12.3. The second-order valence-electron chi connectivity index (χ2n) is 4.63.